The largest absolute Gasteiger partial charge is 0.357 e. The van der Waals surface area contributed by atoms with E-state index in [1.54, 1.807) is 24.4 Å². The summed E-state index contributed by atoms with van der Waals surface area (Å²) in [4.78, 5) is 17.1. The number of fused-ring (bicyclic) bond motifs is 1. The van der Waals surface area contributed by atoms with Crippen LogP contribution in [0.15, 0.2) is 85.9 Å². The second-order valence-electron chi connectivity index (χ2n) is 11.9. The predicted octanol–water partition coefficient (Wildman–Crippen LogP) is 7.06. The molecule has 8 nitrogen and oxygen atoms in total. The summed E-state index contributed by atoms with van der Waals surface area (Å²) in [7, 11) is 8.10. The first kappa shape index (κ1) is 31.6. The summed E-state index contributed by atoms with van der Waals surface area (Å²) in [6.07, 6.45) is 8.96. The maximum atomic E-state index is 14.8. The molecule has 3 heterocycles. The molecule has 0 saturated heterocycles. The molecule has 0 saturated carbocycles. The molecule has 2 aromatic carbocycles. The average Bonchev–Trinajstić information content (AvgIpc) is 3.57. The number of nitrogens with zero attached hydrogens (tertiary/aromatic N) is 5. The molecule has 0 radical (unpaired) electrons. The van der Waals surface area contributed by atoms with E-state index in [4.69, 9.17) is 4.98 Å². The number of rotatable bonds is 13. The molecule has 0 spiro atoms. The van der Waals surface area contributed by atoms with Crippen LogP contribution in [0.3, 0.4) is 0 Å². The molecule has 0 unspecified atom stereocenters. The molecule has 0 fully saturated rings. The van der Waals surface area contributed by atoms with Gasteiger partial charge < -0.3 is 20.1 Å². The van der Waals surface area contributed by atoms with E-state index in [2.05, 4.69) is 60.6 Å². The number of H-pyrrole nitrogens is 2. The van der Waals surface area contributed by atoms with E-state index in [9.17, 15) is 4.39 Å². The maximum absolute atomic E-state index is 14.8. The van der Waals surface area contributed by atoms with Crippen LogP contribution in [0, 0.1) is 12.7 Å². The zero-order chi connectivity index (χ0) is 32.1. The minimum atomic E-state index is -0.266. The van der Waals surface area contributed by atoms with Crippen LogP contribution >= 0.6 is 0 Å². The number of hydrogen-bond donors (Lipinski definition) is 3. The second kappa shape index (κ2) is 13.8. The van der Waals surface area contributed by atoms with Gasteiger partial charge in [-0.25, -0.2) is 9.37 Å². The number of anilines is 1. The molecule has 5 aromatic rings. The first-order valence-electron chi connectivity index (χ1n) is 15.0. The van der Waals surface area contributed by atoms with E-state index in [-0.39, 0.29) is 5.82 Å². The Kier molecular flexibility index (Phi) is 9.71. The Balaban J connectivity index is 1.47. The highest BCUT2D eigenvalue weighted by atomic mass is 19.1. The van der Waals surface area contributed by atoms with Gasteiger partial charge in [-0.05, 0) is 102 Å². The third kappa shape index (κ3) is 7.63. The lowest BCUT2D eigenvalue weighted by Gasteiger charge is -2.14. The van der Waals surface area contributed by atoms with Crippen LogP contribution in [-0.4, -0.2) is 76.2 Å². The minimum Gasteiger partial charge on any atom is -0.357 e. The molecule has 45 heavy (non-hydrogen) atoms. The lowest BCUT2D eigenvalue weighted by Crippen LogP contribution is -2.18. The summed E-state index contributed by atoms with van der Waals surface area (Å²) in [5.74, 6) is 0.356. The number of aromatic nitrogens is 5. The Morgan fingerprint density at radius 3 is 2.60 bits per heavy atom. The van der Waals surface area contributed by atoms with Gasteiger partial charge >= 0.3 is 0 Å². The number of allylic oxidation sites excluding steroid dienone is 2. The molecule has 3 aromatic heterocycles. The van der Waals surface area contributed by atoms with E-state index < -0.39 is 0 Å². The van der Waals surface area contributed by atoms with Crippen LogP contribution in [0.1, 0.15) is 28.9 Å². The van der Waals surface area contributed by atoms with Crippen LogP contribution in [0.2, 0.25) is 0 Å². The third-order valence-corrected chi connectivity index (χ3v) is 7.45. The summed E-state index contributed by atoms with van der Waals surface area (Å²) in [6.45, 7) is 11.7. The van der Waals surface area contributed by atoms with Gasteiger partial charge in [0.1, 0.15) is 11.5 Å². The fraction of sp³-hybridized carbons (Fsp3) is 0.250. The molecule has 9 heteroatoms. The smallest absolute Gasteiger partial charge is 0.159 e. The molecule has 0 aliphatic rings. The summed E-state index contributed by atoms with van der Waals surface area (Å²) in [5.41, 5.74) is 9.40. The zero-order valence-corrected chi connectivity index (χ0v) is 26.7. The van der Waals surface area contributed by atoms with E-state index >= 15 is 0 Å². The number of halogens is 1. The van der Waals surface area contributed by atoms with Crippen LogP contribution in [0.4, 0.5) is 10.1 Å². The van der Waals surface area contributed by atoms with Crippen molar-refractivity contribution in [3.05, 3.63) is 114 Å². The molecule has 0 bridgehead atoms. The Morgan fingerprint density at radius 1 is 1.02 bits per heavy atom. The van der Waals surface area contributed by atoms with Crippen molar-refractivity contribution in [2.24, 2.45) is 0 Å². The monoisotopic (exact) mass is 604 g/mol. The summed E-state index contributed by atoms with van der Waals surface area (Å²) >= 11 is 0. The van der Waals surface area contributed by atoms with Gasteiger partial charge in [-0.2, -0.15) is 5.10 Å². The van der Waals surface area contributed by atoms with Crippen LogP contribution in [0.25, 0.3) is 39.1 Å². The molecule has 0 aliphatic heterocycles. The number of aromatic amines is 2. The van der Waals surface area contributed by atoms with E-state index in [1.807, 2.05) is 65.6 Å². The minimum absolute atomic E-state index is 0.266. The van der Waals surface area contributed by atoms with Gasteiger partial charge in [0.25, 0.3) is 0 Å². The first-order valence-corrected chi connectivity index (χ1v) is 15.0. The summed E-state index contributed by atoms with van der Waals surface area (Å²) in [5, 5.41) is 12.0. The highest BCUT2D eigenvalue weighted by Gasteiger charge is 2.19. The highest BCUT2D eigenvalue weighted by Crippen LogP contribution is 2.33. The van der Waals surface area contributed by atoms with Crippen molar-refractivity contribution in [2.45, 2.75) is 19.8 Å². The standard InChI is InChI=1S/C36H41FN8/c1-8-10-31(27-15-25(16-29(37)17-27)11-9-14-44(4)5)34-24(3)40-36(41-34)35-32-19-26(12-13-33(32)42-43-35)28-18-30(21-38-20-28)39-23(2)22-45(6)7/h8,10,12-13,15-21,39H,1-2,9,11,14,22H2,3-7H3,(H,40,41)(H,42,43)/b31-10-. The number of imidazole rings is 1. The lowest BCUT2D eigenvalue weighted by atomic mass is 9.97. The van der Waals surface area contributed by atoms with Crippen molar-refractivity contribution in [2.75, 3.05) is 46.6 Å². The molecule has 3 N–H and O–H groups in total. The summed E-state index contributed by atoms with van der Waals surface area (Å²) in [6, 6.07) is 13.4. The normalized spacial score (nSPS) is 12.0. The zero-order valence-electron chi connectivity index (χ0n) is 26.7. The van der Waals surface area contributed by atoms with Crippen LogP contribution in [-0.2, 0) is 6.42 Å². The van der Waals surface area contributed by atoms with Gasteiger partial charge in [0.15, 0.2) is 5.82 Å². The molecule has 0 amide bonds. The molecule has 232 valence electrons. The Labute approximate surface area is 264 Å². The first-order chi connectivity index (χ1) is 21.6. The highest BCUT2D eigenvalue weighted by molar-refractivity contribution is 5.95. The number of likely N-dealkylation sites (N-methyl/N-ethyl adjacent to an activating group) is 1. The van der Waals surface area contributed by atoms with Crippen molar-refractivity contribution in [3.8, 4) is 22.6 Å². The Hall–Kier alpha value is -4.86. The SMILES string of the molecule is C=C/C=C(/c1cc(F)cc(CCCN(C)C)c1)c1nc(-c2n[nH]c3ccc(-c4cncc(NC(=C)CN(C)C)c4)cc23)[nH]c1C. The van der Waals surface area contributed by atoms with Crippen molar-refractivity contribution < 1.29 is 4.39 Å². The van der Waals surface area contributed by atoms with Gasteiger partial charge in [0.2, 0.25) is 0 Å². The van der Waals surface area contributed by atoms with Crippen LogP contribution < -0.4 is 5.32 Å². The third-order valence-electron chi connectivity index (χ3n) is 7.45. The predicted molar refractivity (Wildman–Crippen MR) is 184 cm³/mol. The summed E-state index contributed by atoms with van der Waals surface area (Å²) < 4.78 is 14.8. The number of nitrogens with one attached hydrogen (secondary N) is 3. The molecule has 0 atom stereocenters. The van der Waals surface area contributed by atoms with E-state index in [0.29, 0.717) is 11.5 Å². The lowest BCUT2D eigenvalue weighted by molar-refractivity contribution is 0.400. The Bertz CT molecular complexity index is 1860. The molecular formula is C36H41FN8. The van der Waals surface area contributed by atoms with Gasteiger partial charge in [-0.15, -0.1) is 0 Å². The van der Waals surface area contributed by atoms with Gasteiger partial charge in [0, 0.05) is 40.7 Å². The fourth-order valence-corrected chi connectivity index (χ4v) is 5.48. The van der Waals surface area contributed by atoms with Crippen molar-refractivity contribution >= 4 is 22.2 Å². The van der Waals surface area contributed by atoms with Crippen LogP contribution in [0.5, 0.6) is 0 Å². The second-order valence-corrected chi connectivity index (χ2v) is 11.9. The van der Waals surface area contributed by atoms with Crippen molar-refractivity contribution in [1.82, 2.24) is 34.9 Å². The van der Waals surface area contributed by atoms with Gasteiger partial charge in [-0.3, -0.25) is 10.1 Å². The molecule has 5 rings (SSSR count). The van der Waals surface area contributed by atoms with E-state index in [1.165, 1.54) is 0 Å². The number of benzene rings is 2. The number of pyridine rings is 1. The van der Waals surface area contributed by atoms with Crippen molar-refractivity contribution in [1.29, 1.82) is 0 Å². The molecule has 0 aliphatic carbocycles. The maximum Gasteiger partial charge on any atom is 0.159 e. The average molecular weight is 605 g/mol. The fourth-order valence-electron chi connectivity index (χ4n) is 5.48. The number of hydrogen-bond acceptors (Lipinski definition) is 6. The topological polar surface area (TPSA) is 88.8 Å². The van der Waals surface area contributed by atoms with Gasteiger partial charge in [-0.1, -0.05) is 37.4 Å². The number of aryl methyl sites for hydroxylation is 2. The van der Waals surface area contributed by atoms with Crippen molar-refractivity contribution in [3.63, 3.8) is 0 Å². The Morgan fingerprint density at radius 2 is 1.84 bits per heavy atom. The van der Waals surface area contributed by atoms with Gasteiger partial charge in [0.05, 0.1) is 23.1 Å². The quantitative estimate of drug-likeness (QED) is 0.125. The van der Waals surface area contributed by atoms with E-state index in [0.717, 1.165) is 87.4 Å². The molecular weight excluding hydrogens is 563 g/mol.